The molecule has 14 heavy (non-hydrogen) atoms. The molecule has 0 radical (unpaired) electrons. The summed E-state index contributed by atoms with van der Waals surface area (Å²) >= 11 is 0. The zero-order valence-corrected chi connectivity index (χ0v) is 9.60. The lowest BCUT2D eigenvalue weighted by Crippen LogP contribution is -2.37. The van der Waals surface area contributed by atoms with Gasteiger partial charge in [0, 0.05) is 12.6 Å². The van der Waals surface area contributed by atoms with Gasteiger partial charge in [-0.2, -0.15) is 0 Å². The van der Waals surface area contributed by atoms with Crippen molar-refractivity contribution >= 4 is 0 Å². The molecule has 0 aliphatic heterocycles. The molecule has 3 rings (SSSR count). The highest BCUT2D eigenvalue weighted by atomic mass is 15.0. The number of hydrogen-bond donors (Lipinski definition) is 1. The molecule has 0 aromatic heterocycles. The average molecular weight is 193 g/mol. The Kier molecular flexibility index (Phi) is 1.81. The zero-order valence-electron chi connectivity index (χ0n) is 9.60. The third-order valence-corrected chi connectivity index (χ3v) is 5.18. The number of rotatable bonds is 5. The van der Waals surface area contributed by atoms with Crippen LogP contribution in [-0.4, -0.2) is 12.6 Å². The fourth-order valence-corrected chi connectivity index (χ4v) is 2.82. The first-order chi connectivity index (χ1) is 6.65. The van der Waals surface area contributed by atoms with Crippen molar-refractivity contribution in [2.24, 2.45) is 16.7 Å². The van der Waals surface area contributed by atoms with Crippen molar-refractivity contribution in [2.75, 3.05) is 6.54 Å². The first-order valence-corrected chi connectivity index (χ1v) is 6.38. The lowest BCUT2D eigenvalue weighted by Gasteiger charge is -2.24. The van der Waals surface area contributed by atoms with E-state index in [4.69, 9.17) is 0 Å². The van der Waals surface area contributed by atoms with E-state index in [1.54, 1.807) is 0 Å². The fourth-order valence-electron chi connectivity index (χ4n) is 2.82. The van der Waals surface area contributed by atoms with Crippen molar-refractivity contribution in [1.29, 1.82) is 0 Å². The molecule has 0 heterocycles. The van der Waals surface area contributed by atoms with Crippen LogP contribution in [0.15, 0.2) is 0 Å². The minimum atomic E-state index is 0.652. The second-order valence-corrected chi connectivity index (χ2v) is 6.39. The Balaban J connectivity index is 1.49. The van der Waals surface area contributed by atoms with E-state index >= 15 is 0 Å². The van der Waals surface area contributed by atoms with E-state index in [9.17, 15) is 0 Å². The first-order valence-electron chi connectivity index (χ1n) is 6.38. The molecule has 1 N–H and O–H groups in total. The van der Waals surface area contributed by atoms with Gasteiger partial charge in [-0.1, -0.05) is 6.92 Å². The Labute approximate surface area is 87.7 Å². The van der Waals surface area contributed by atoms with Gasteiger partial charge < -0.3 is 5.32 Å². The zero-order chi connectivity index (χ0) is 9.81. The van der Waals surface area contributed by atoms with Crippen molar-refractivity contribution in [1.82, 2.24) is 5.32 Å². The van der Waals surface area contributed by atoms with E-state index in [1.165, 1.54) is 45.1 Å². The van der Waals surface area contributed by atoms with Crippen LogP contribution in [0.4, 0.5) is 0 Å². The summed E-state index contributed by atoms with van der Waals surface area (Å²) in [5.41, 5.74) is 1.43. The third-order valence-electron chi connectivity index (χ3n) is 5.18. The molecule has 1 nitrogen and oxygen atoms in total. The molecule has 0 spiro atoms. The van der Waals surface area contributed by atoms with Gasteiger partial charge in [0.1, 0.15) is 0 Å². The summed E-state index contributed by atoms with van der Waals surface area (Å²) in [6, 6.07) is 0.749. The van der Waals surface area contributed by atoms with E-state index in [-0.39, 0.29) is 0 Å². The lowest BCUT2D eigenvalue weighted by molar-refractivity contribution is 0.321. The van der Waals surface area contributed by atoms with E-state index in [1.807, 2.05) is 0 Å². The molecule has 1 atom stereocenters. The Morgan fingerprint density at radius 1 is 1.21 bits per heavy atom. The normalized spacial score (nSPS) is 33.9. The van der Waals surface area contributed by atoms with Crippen LogP contribution >= 0.6 is 0 Å². The summed E-state index contributed by atoms with van der Waals surface area (Å²) in [6.07, 6.45) is 8.94. The Hall–Kier alpha value is -0.0400. The maximum Gasteiger partial charge on any atom is 0.00927 e. The van der Waals surface area contributed by atoms with Gasteiger partial charge in [-0.25, -0.2) is 0 Å². The summed E-state index contributed by atoms with van der Waals surface area (Å²) in [4.78, 5) is 0. The summed E-state index contributed by atoms with van der Waals surface area (Å²) in [6.45, 7) is 6.13. The highest BCUT2D eigenvalue weighted by Gasteiger charge is 2.54. The van der Waals surface area contributed by atoms with E-state index in [0.29, 0.717) is 5.41 Å². The summed E-state index contributed by atoms with van der Waals surface area (Å²) in [5, 5.41) is 3.81. The van der Waals surface area contributed by atoms with Crippen LogP contribution in [0.5, 0.6) is 0 Å². The maximum absolute atomic E-state index is 3.81. The predicted molar refractivity (Wildman–Crippen MR) is 59.2 cm³/mol. The van der Waals surface area contributed by atoms with Gasteiger partial charge in [-0.3, -0.25) is 0 Å². The number of nitrogens with one attached hydrogen (secondary N) is 1. The molecule has 80 valence electrons. The third kappa shape index (κ3) is 1.50. The van der Waals surface area contributed by atoms with Gasteiger partial charge in [0.25, 0.3) is 0 Å². The van der Waals surface area contributed by atoms with Crippen LogP contribution < -0.4 is 5.32 Å². The molecule has 0 aromatic carbocycles. The molecular weight excluding hydrogens is 170 g/mol. The average Bonchev–Trinajstić information content (AvgIpc) is 2.92. The van der Waals surface area contributed by atoms with E-state index in [2.05, 4.69) is 19.2 Å². The van der Waals surface area contributed by atoms with Crippen molar-refractivity contribution in [3.8, 4) is 0 Å². The monoisotopic (exact) mass is 193 g/mol. The van der Waals surface area contributed by atoms with Crippen molar-refractivity contribution < 1.29 is 0 Å². The van der Waals surface area contributed by atoms with Crippen molar-refractivity contribution in [2.45, 2.75) is 58.4 Å². The molecule has 3 aliphatic carbocycles. The van der Waals surface area contributed by atoms with E-state index in [0.717, 1.165) is 17.4 Å². The Morgan fingerprint density at radius 2 is 1.86 bits per heavy atom. The Bertz CT molecular complexity index is 234. The summed E-state index contributed by atoms with van der Waals surface area (Å²) in [7, 11) is 0. The molecule has 1 unspecified atom stereocenters. The fraction of sp³-hybridized carbons (Fsp3) is 1.00. The molecule has 3 aliphatic rings. The van der Waals surface area contributed by atoms with Crippen LogP contribution in [0.3, 0.4) is 0 Å². The van der Waals surface area contributed by atoms with Crippen LogP contribution in [0, 0.1) is 16.7 Å². The topological polar surface area (TPSA) is 12.0 Å². The molecule has 3 saturated carbocycles. The van der Waals surface area contributed by atoms with Crippen LogP contribution in [0.1, 0.15) is 52.4 Å². The standard InChI is InChI=1S/C13H23N/c1-10(12(2)5-6-12)14-9-13(7-8-13)11-3-4-11/h10-11,14H,3-9H2,1-2H3. The van der Waals surface area contributed by atoms with E-state index < -0.39 is 0 Å². The molecule has 0 bridgehead atoms. The molecule has 1 heteroatoms. The minimum Gasteiger partial charge on any atom is -0.313 e. The molecule has 0 aromatic rings. The van der Waals surface area contributed by atoms with Gasteiger partial charge in [-0.15, -0.1) is 0 Å². The quantitative estimate of drug-likeness (QED) is 0.708. The second kappa shape index (κ2) is 2.75. The smallest absolute Gasteiger partial charge is 0.00927 e. The highest BCUT2D eigenvalue weighted by Crippen LogP contribution is 2.61. The molecule has 0 saturated heterocycles. The van der Waals surface area contributed by atoms with Gasteiger partial charge in [0.05, 0.1) is 0 Å². The van der Waals surface area contributed by atoms with Gasteiger partial charge in [0.2, 0.25) is 0 Å². The van der Waals surface area contributed by atoms with Crippen LogP contribution in [-0.2, 0) is 0 Å². The maximum atomic E-state index is 3.81. The first kappa shape index (κ1) is 9.21. The SMILES string of the molecule is CC(NCC1(C2CC2)CC1)C1(C)CC1. The minimum absolute atomic E-state index is 0.652. The summed E-state index contributed by atoms with van der Waals surface area (Å²) in [5.74, 6) is 1.11. The predicted octanol–water partition coefficient (Wildman–Crippen LogP) is 2.95. The van der Waals surface area contributed by atoms with Gasteiger partial charge in [-0.05, 0) is 62.2 Å². The van der Waals surface area contributed by atoms with Crippen LogP contribution in [0.25, 0.3) is 0 Å². The number of hydrogen-bond acceptors (Lipinski definition) is 1. The second-order valence-electron chi connectivity index (χ2n) is 6.39. The van der Waals surface area contributed by atoms with Crippen molar-refractivity contribution in [3.63, 3.8) is 0 Å². The molecular formula is C13H23N. The largest absolute Gasteiger partial charge is 0.313 e. The summed E-state index contributed by atoms with van der Waals surface area (Å²) < 4.78 is 0. The van der Waals surface area contributed by atoms with Crippen molar-refractivity contribution in [3.05, 3.63) is 0 Å². The van der Waals surface area contributed by atoms with Gasteiger partial charge >= 0.3 is 0 Å². The molecule has 0 amide bonds. The van der Waals surface area contributed by atoms with Crippen LogP contribution in [0.2, 0.25) is 0 Å². The lowest BCUT2D eigenvalue weighted by atomic mass is 9.97. The highest BCUT2D eigenvalue weighted by molar-refractivity contribution is 5.06. The van der Waals surface area contributed by atoms with Gasteiger partial charge in [0.15, 0.2) is 0 Å². The Morgan fingerprint density at radius 3 is 2.29 bits per heavy atom. The molecule has 3 fully saturated rings.